The van der Waals surface area contributed by atoms with E-state index >= 15 is 0 Å². The van der Waals surface area contributed by atoms with Crippen LogP contribution in [0.5, 0.6) is 0 Å². The van der Waals surface area contributed by atoms with Gasteiger partial charge in [0, 0.05) is 6.54 Å². The Kier molecular flexibility index (Phi) is 4.58. The average molecular weight is 284 g/mol. The van der Waals surface area contributed by atoms with Crippen molar-refractivity contribution < 1.29 is 9.90 Å². The van der Waals surface area contributed by atoms with Crippen molar-refractivity contribution >= 4 is 23.4 Å². The summed E-state index contributed by atoms with van der Waals surface area (Å²) in [6.45, 7) is 0.388. The van der Waals surface area contributed by atoms with Gasteiger partial charge in [0.1, 0.15) is 5.82 Å². The van der Waals surface area contributed by atoms with Crippen LogP contribution in [-0.2, 0) is 4.79 Å². The van der Waals surface area contributed by atoms with E-state index in [0.717, 1.165) is 38.5 Å². The number of carboxylic acid groups (broad SMARTS) is 1. The van der Waals surface area contributed by atoms with Crippen molar-refractivity contribution in [1.82, 2.24) is 10.2 Å². The number of nitrogens with zero attached hydrogens (tertiary/aromatic N) is 2. The summed E-state index contributed by atoms with van der Waals surface area (Å²) in [5.41, 5.74) is -0.683. The van der Waals surface area contributed by atoms with E-state index in [4.69, 9.17) is 11.6 Å². The van der Waals surface area contributed by atoms with E-state index in [9.17, 15) is 9.90 Å². The predicted octanol–water partition coefficient (Wildman–Crippen LogP) is 2.97. The van der Waals surface area contributed by atoms with Gasteiger partial charge in [0.25, 0.3) is 0 Å². The first-order valence-electron chi connectivity index (χ1n) is 6.59. The first-order valence-corrected chi connectivity index (χ1v) is 6.97. The summed E-state index contributed by atoms with van der Waals surface area (Å²) >= 11 is 5.66. The van der Waals surface area contributed by atoms with Crippen LogP contribution in [0.4, 0.5) is 5.82 Å². The van der Waals surface area contributed by atoms with Crippen LogP contribution in [0, 0.1) is 5.41 Å². The van der Waals surface area contributed by atoms with Crippen molar-refractivity contribution in [3.8, 4) is 0 Å². The maximum absolute atomic E-state index is 11.6. The van der Waals surface area contributed by atoms with Gasteiger partial charge in [-0.25, -0.2) is 0 Å². The number of aromatic nitrogens is 2. The minimum atomic E-state index is -0.719. The molecule has 2 rings (SSSR count). The maximum Gasteiger partial charge on any atom is 0.311 e. The standard InChI is InChI=1S/C13H18ClN3O2/c14-10-5-6-11(17-16-10)15-9-13(12(18)19)7-3-1-2-4-8-13/h5-6H,1-4,7-9H2,(H,15,17)(H,18,19). The largest absolute Gasteiger partial charge is 0.481 e. The van der Waals surface area contributed by atoms with Gasteiger partial charge >= 0.3 is 5.97 Å². The molecule has 1 aliphatic carbocycles. The Morgan fingerprint density at radius 2 is 1.95 bits per heavy atom. The number of hydrogen-bond donors (Lipinski definition) is 2. The van der Waals surface area contributed by atoms with Crippen molar-refractivity contribution in [1.29, 1.82) is 0 Å². The Bertz CT molecular complexity index is 428. The van der Waals surface area contributed by atoms with E-state index < -0.39 is 11.4 Å². The lowest BCUT2D eigenvalue weighted by Gasteiger charge is -2.28. The topological polar surface area (TPSA) is 75.1 Å². The van der Waals surface area contributed by atoms with E-state index in [2.05, 4.69) is 15.5 Å². The van der Waals surface area contributed by atoms with Crippen LogP contribution in [0.15, 0.2) is 12.1 Å². The molecule has 0 bridgehead atoms. The molecule has 0 unspecified atom stereocenters. The number of anilines is 1. The van der Waals surface area contributed by atoms with Gasteiger partial charge < -0.3 is 10.4 Å². The SMILES string of the molecule is O=C(O)C1(CNc2ccc(Cl)nn2)CCCCCC1. The van der Waals surface area contributed by atoms with Gasteiger partial charge in [0.05, 0.1) is 5.41 Å². The lowest BCUT2D eigenvalue weighted by Crippen LogP contribution is -2.37. The fraction of sp³-hybridized carbons (Fsp3) is 0.615. The third-order valence-electron chi connectivity index (χ3n) is 3.75. The van der Waals surface area contributed by atoms with E-state index in [1.807, 2.05) is 0 Å². The summed E-state index contributed by atoms with van der Waals surface area (Å²) in [5, 5.41) is 20.6. The normalized spacial score (nSPS) is 18.6. The minimum Gasteiger partial charge on any atom is -0.481 e. The van der Waals surface area contributed by atoms with Crippen LogP contribution in [0.3, 0.4) is 0 Å². The molecule has 1 saturated carbocycles. The molecular weight excluding hydrogens is 266 g/mol. The third kappa shape index (κ3) is 3.56. The van der Waals surface area contributed by atoms with Gasteiger partial charge in [0.15, 0.2) is 5.15 Å². The lowest BCUT2D eigenvalue weighted by atomic mass is 9.80. The first kappa shape index (κ1) is 14.1. The van der Waals surface area contributed by atoms with Crippen molar-refractivity contribution in [2.24, 2.45) is 5.41 Å². The fourth-order valence-electron chi connectivity index (χ4n) is 2.54. The predicted molar refractivity (Wildman–Crippen MR) is 73.3 cm³/mol. The van der Waals surface area contributed by atoms with Crippen LogP contribution in [0.25, 0.3) is 0 Å². The molecule has 104 valence electrons. The number of rotatable bonds is 4. The fourth-order valence-corrected chi connectivity index (χ4v) is 2.64. The van der Waals surface area contributed by atoms with Gasteiger partial charge in [-0.1, -0.05) is 37.3 Å². The van der Waals surface area contributed by atoms with E-state index in [1.54, 1.807) is 12.1 Å². The zero-order valence-corrected chi connectivity index (χ0v) is 11.5. The third-order valence-corrected chi connectivity index (χ3v) is 3.96. The maximum atomic E-state index is 11.6. The number of carboxylic acids is 1. The summed E-state index contributed by atoms with van der Waals surface area (Å²) in [6, 6.07) is 3.35. The summed E-state index contributed by atoms with van der Waals surface area (Å²) in [6.07, 6.45) is 5.62. The summed E-state index contributed by atoms with van der Waals surface area (Å²) in [4.78, 5) is 11.6. The molecule has 1 aliphatic rings. The highest BCUT2D eigenvalue weighted by molar-refractivity contribution is 6.29. The van der Waals surface area contributed by atoms with Crippen molar-refractivity contribution in [3.63, 3.8) is 0 Å². The zero-order chi connectivity index (χ0) is 13.7. The van der Waals surface area contributed by atoms with Gasteiger partial charge in [-0.05, 0) is 25.0 Å². The second-order valence-electron chi connectivity index (χ2n) is 5.09. The summed E-state index contributed by atoms with van der Waals surface area (Å²) in [5.74, 6) is -0.155. The van der Waals surface area contributed by atoms with Crippen LogP contribution < -0.4 is 5.32 Å². The number of aliphatic carboxylic acids is 1. The van der Waals surface area contributed by atoms with Crippen molar-refractivity contribution in [2.45, 2.75) is 38.5 Å². The molecule has 0 amide bonds. The molecule has 1 aromatic rings. The molecule has 0 spiro atoms. The molecule has 1 aromatic heterocycles. The summed E-state index contributed by atoms with van der Waals surface area (Å²) in [7, 11) is 0. The second-order valence-corrected chi connectivity index (χ2v) is 5.48. The minimum absolute atomic E-state index is 0.327. The number of nitrogens with one attached hydrogen (secondary N) is 1. The smallest absolute Gasteiger partial charge is 0.311 e. The molecule has 0 radical (unpaired) electrons. The Morgan fingerprint density at radius 3 is 2.47 bits per heavy atom. The molecule has 19 heavy (non-hydrogen) atoms. The van der Waals surface area contributed by atoms with E-state index in [1.165, 1.54) is 0 Å². The Hall–Kier alpha value is -1.36. The van der Waals surface area contributed by atoms with Gasteiger partial charge in [-0.15, -0.1) is 10.2 Å². The van der Waals surface area contributed by atoms with Crippen LogP contribution in [0.1, 0.15) is 38.5 Å². The second kappa shape index (κ2) is 6.19. The molecule has 6 heteroatoms. The molecule has 0 aliphatic heterocycles. The Morgan fingerprint density at radius 1 is 1.26 bits per heavy atom. The molecule has 0 saturated heterocycles. The van der Waals surface area contributed by atoms with Crippen molar-refractivity contribution in [3.05, 3.63) is 17.3 Å². The molecular formula is C13H18ClN3O2. The number of carbonyl (C=O) groups is 1. The molecule has 5 nitrogen and oxygen atoms in total. The van der Waals surface area contributed by atoms with Gasteiger partial charge in [-0.2, -0.15) is 0 Å². The highest BCUT2D eigenvalue weighted by atomic mass is 35.5. The monoisotopic (exact) mass is 283 g/mol. The molecule has 0 aromatic carbocycles. The highest BCUT2D eigenvalue weighted by Crippen LogP contribution is 2.35. The highest BCUT2D eigenvalue weighted by Gasteiger charge is 2.38. The van der Waals surface area contributed by atoms with Crippen LogP contribution >= 0.6 is 11.6 Å². The van der Waals surface area contributed by atoms with Gasteiger partial charge in [-0.3, -0.25) is 4.79 Å². The van der Waals surface area contributed by atoms with Crippen LogP contribution in [-0.4, -0.2) is 27.8 Å². The molecule has 0 atom stereocenters. The van der Waals surface area contributed by atoms with E-state index in [0.29, 0.717) is 17.5 Å². The van der Waals surface area contributed by atoms with Crippen LogP contribution in [0.2, 0.25) is 5.15 Å². The number of halogens is 1. The molecule has 1 fully saturated rings. The van der Waals surface area contributed by atoms with Crippen molar-refractivity contribution in [2.75, 3.05) is 11.9 Å². The summed E-state index contributed by atoms with van der Waals surface area (Å²) < 4.78 is 0. The first-order chi connectivity index (χ1) is 9.12. The molecule has 2 N–H and O–H groups in total. The average Bonchev–Trinajstić information content (AvgIpc) is 2.65. The lowest BCUT2D eigenvalue weighted by molar-refractivity contribution is -0.149. The quantitative estimate of drug-likeness (QED) is 0.831. The number of hydrogen-bond acceptors (Lipinski definition) is 4. The Balaban J connectivity index is 2.04. The zero-order valence-electron chi connectivity index (χ0n) is 10.7. The molecule has 1 heterocycles. The van der Waals surface area contributed by atoms with E-state index in [-0.39, 0.29) is 0 Å². The van der Waals surface area contributed by atoms with Gasteiger partial charge in [0.2, 0.25) is 0 Å². The Labute approximate surface area is 117 Å².